The second-order valence-corrected chi connectivity index (χ2v) is 16.4. The van der Waals surface area contributed by atoms with Crippen LogP contribution in [0.3, 0.4) is 0 Å². The average molecular weight is 477 g/mol. The monoisotopic (exact) mass is 476 g/mol. The maximum absolute atomic E-state index is 12.5. The average Bonchev–Trinajstić information content (AvgIpc) is 3.13. The lowest BCUT2D eigenvalue weighted by atomic mass is 9.87. The molecule has 0 saturated heterocycles. The molecule has 1 aromatic heterocycles. The van der Waals surface area contributed by atoms with Crippen molar-refractivity contribution in [2.45, 2.75) is 71.6 Å². The fourth-order valence-corrected chi connectivity index (χ4v) is 4.57. The number of carbonyl (C=O) groups is 1. The van der Waals surface area contributed by atoms with Crippen molar-refractivity contribution in [1.29, 1.82) is 0 Å². The van der Waals surface area contributed by atoms with Gasteiger partial charge < -0.3 is 14.3 Å². The van der Waals surface area contributed by atoms with Crippen LogP contribution in [0, 0.1) is 0 Å². The third-order valence-corrected chi connectivity index (χ3v) is 11.4. The van der Waals surface area contributed by atoms with Gasteiger partial charge in [0.1, 0.15) is 0 Å². The quantitative estimate of drug-likeness (QED) is 0.282. The lowest BCUT2D eigenvalue weighted by Gasteiger charge is -2.36. The SMILES string of the molecule is CC(C)(C)c1ccc(C=CC(=O)Nc2ccc3c(ccn3CCO[Si](C)(C)C(C)(C)C)c2)cc1. The molecule has 1 amide bonds. The molecule has 0 saturated carbocycles. The summed E-state index contributed by atoms with van der Waals surface area (Å²) in [6.45, 7) is 19.5. The Hall–Kier alpha value is -2.63. The summed E-state index contributed by atoms with van der Waals surface area (Å²) in [6, 6.07) is 16.5. The molecule has 0 radical (unpaired) electrons. The van der Waals surface area contributed by atoms with Gasteiger partial charge in [0.25, 0.3) is 0 Å². The summed E-state index contributed by atoms with van der Waals surface area (Å²) in [5, 5.41) is 4.29. The number of fused-ring (bicyclic) bond motifs is 1. The Kier molecular flexibility index (Phi) is 7.58. The highest BCUT2D eigenvalue weighted by Crippen LogP contribution is 2.36. The van der Waals surface area contributed by atoms with E-state index in [1.807, 2.05) is 30.3 Å². The standard InChI is InChI=1S/C29H40N2O2Si/c1-28(2,3)24-12-9-22(10-13-24)11-16-27(32)30-25-14-15-26-23(21-25)17-18-31(26)19-20-33-34(7,8)29(4,5)6/h9-18,21H,19-20H2,1-8H3,(H,30,32). The molecule has 4 nitrogen and oxygen atoms in total. The molecule has 0 fully saturated rings. The lowest BCUT2D eigenvalue weighted by Crippen LogP contribution is -2.41. The number of benzene rings is 2. The van der Waals surface area contributed by atoms with Crippen molar-refractivity contribution < 1.29 is 9.22 Å². The number of aromatic nitrogens is 1. The molecule has 3 rings (SSSR count). The van der Waals surface area contributed by atoms with Gasteiger partial charge in [-0.1, -0.05) is 65.8 Å². The molecule has 1 heterocycles. The van der Waals surface area contributed by atoms with Gasteiger partial charge in [0.2, 0.25) is 5.91 Å². The molecule has 3 aromatic rings. The number of carbonyl (C=O) groups excluding carboxylic acids is 1. The molecule has 1 N–H and O–H groups in total. The predicted molar refractivity (Wildman–Crippen MR) is 148 cm³/mol. The summed E-state index contributed by atoms with van der Waals surface area (Å²) in [4.78, 5) is 12.5. The summed E-state index contributed by atoms with van der Waals surface area (Å²) in [5.41, 5.74) is 4.35. The van der Waals surface area contributed by atoms with Crippen LogP contribution in [0.25, 0.3) is 17.0 Å². The van der Waals surface area contributed by atoms with E-state index in [1.54, 1.807) is 6.08 Å². The van der Waals surface area contributed by atoms with Crippen molar-refractivity contribution in [3.8, 4) is 0 Å². The van der Waals surface area contributed by atoms with E-state index < -0.39 is 8.32 Å². The van der Waals surface area contributed by atoms with E-state index in [4.69, 9.17) is 4.43 Å². The van der Waals surface area contributed by atoms with Gasteiger partial charge in [-0.25, -0.2) is 0 Å². The van der Waals surface area contributed by atoms with Crippen molar-refractivity contribution in [1.82, 2.24) is 4.57 Å². The smallest absolute Gasteiger partial charge is 0.248 e. The highest BCUT2D eigenvalue weighted by Gasteiger charge is 2.36. The minimum atomic E-state index is -1.74. The first-order valence-electron chi connectivity index (χ1n) is 12.1. The van der Waals surface area contributed by atoms with Crippen LogP contribution in [0.2, 0.25) is 18.1 Å². The van der Waals surface area contributed by atoms with Crippen LogP contribution in [-0.2, 0) is 21.2 Å². The van der Waals surface area contributed by atoms with Gasteiger partial charge in [-0.3, -0.25) is 4.79 Å². The molecule has 0 aliphatic rings. The molecule has 0 aliphatic carbocycles. The van der Waals surface area contributed by atoms with Gasteiger partial charge in [0, 0.05) is 35.4 Å². The van der Waals surface area contributed by atoms with E-state index in [0.717, 1.165) is 28.7 Å². The zero-order valence-corrected chi connectivity index (χ0v) is 23.0. The Labute approximate surface area is 206 Å². The van der Waals surface area contributed by atoms with Crippen molar-refractivity contribution in [2.75, 3.05) is 11.9 Å². The molecule has 0 spiro atoms. The van der Waals surface area contributed by atoms with Crippen LogP contribution in [0.15, 0.2) is 60.8 Å². The normalized spacial score (nSPS) is 13.1. The predicted octanol–water partition coefficient (Wildman–Crippen LogP) is 7.61. The Morgan fingerprint density at radius 2 is 1.68 bits per heavy atom. The molecule has 34 heavy (non-hydrogen) atoms. The van der Waals surface area contributed by atoms with Crippen LogP contribution >= 0.6 is 0 Å². The molecular formula is C29H40N2O2Si. The van der Waals surface area contributed by atoms with E-state index >= 15 is 0 Å². The maximum Gasteiger partial charge on any atom is 0.248 e. The highest BCUT2D eigenvalue weighted by molar-refractivity contribution is 6.74. The van der Waals surface area contributed by atoms with Gasteiger partial charge in [-0.2, -0.15) is 0 Å². The Morgan fingerprint density at radius 3 is 2.29 bits per heavy atom. The van der Waals surface area contributed by atoms with E-state index in [2.05, 4.69) is 95.0 Å². The van der Waals surface area contributed by atoms with Crippen molar-refractivity contribution >= 4 is 36.9 Å². The molecule has 0 unspecified atom stereocenters. The second kappa shape index (κ2) is 9.93. The Balaban J connectivity index is 1.60. The zero-order valence-electron chi connectivity index (χ0n) is 22.0. The van der Waals surface area contributed by atoms with Gasteiger partial charge in [-0.15, -0.1) is 0 Å². The van der Waals surface area contributed by atoms with Crippen LogP contribution in [-0.4, -0.2) is 25.4 Å². The van der Waals surface area contributed by atoms with Crippen LogP contribution in [0.5, 0.6) is 0 Å². The maximum atomic E-state index is 12.5. The Morgan fingerprint density at radius 1 is 1.00 bits per heavy atom. The summed E-state index contributed by atoms with van der Waals surface area (Å²) < 4.78 is 8.55. The van der Waals surface area contributed by atoms with Crippen molar-refractivity contribution in [2.24, 2.45) is 0 Å². The molecular weight excluding hydrogens is 436 g/mol. The highest BCUT2D eigenvalue weighted by atomic mass is 28.4. The third-order valence-electron chi connectivity index (χ3n) is 6.84. The third kappa shape index (κ3) is 6.48. The van der Waals surface area contributed by atoms with Gasteiger partial charge in [0.05, 0.1) is 6.61 Å². The fourth-order valence-electron chi connectivity index (χ4n) is 3.54. The minimum absolute atomic E-state index is 0.120. The number of nitrogens with zero attached hydrogens (tertiary/aromatic N) is 1. The molecule has 182 valence electrons. The van der Waals surface area contributed by atoms with Crippen molar-refractivity contribution in [3.63, 3.8) is 0 Å². The first-order valence-corrected chi connectivity index (χ1v) is 15.0. The molecule has 2 aromatic carbocycles. The number of hydrogen-bond acceptors (Lipinski definition) is 2. The number of amides is 1. The summed E-state index contributed by atoms with van der Waals surface area (Å²) in [6.07, 6.45) is 5.52. The summed E-state index contributed by atoms with van der Waals surface area (Å²) in [5.74, 6) is -0.138. The Bertz CT molecular complexity index is 1160. The van der Waals surface area contributed by atoms with E-state index in [1.165, 1.54) is 5.56 Å². The van der Waals surface area contributed by atoms with E-state index in [0.29, 0.717) is 6.61 Å². The van der Waals surface area contributed by atoms with E-state index in [-0.39, 0.29) is 16.4 Å². The zero-order chi connectivity index (χ0) is 25.1. The molecule has 0 atom stereocenters. The van der Waals surface area contributed by atoms with Crippen LogP contribution < -0.4 is 5.32 Å². The largest absolute Gasteiger partial charge is 0.415 e. The minimum Gasteiger partial charge on any atom is -0.415 e. The van der Waals surface area contributed by atoms with E-state index in [9.17, 15) is 4.79 Å². The van der Waals surface area contributed by atoms with Gasteiger partial charge in [-0.05, 0) is 65.0 Å². The fraction of sp³-hybridized carbons (Fsp3) is 0.414. The first-order chi connectivity index (χ1) is 15.8. The summed E-state index contributed by atoms with van der Waals surface area (Å²) in [7, 11) is -1.74. The van der Waals surface area contributed by atoms with Crippen LogP contribution in [0.4, 0.5) is 5.69 Å². The topological polar surface area (TPSA) is 43.3 Å². The van der Waals surface area contributed by atoms with Gasteiger partial charge in [0.15, 0.2) is 8.32 Å². The van der Waals surface area contributed by atoms with Crippen LogP contribution in [0.1, 0.15) is 52.7 Å². The first kappa shape index (κ1) is 26.0. The number of nitrogens with one attached hydrogen (secondary N) is 1. The number of rotatable bonds is 7. The molecule has 0 bridgehead atoms. The molecule has 0 aliphatic heterocycles. The second-order valence-electron chi connectivity index (χ2n) is 11.6. The number of hydrogen-bond donors (Lipinski definition) is 1. The van der Waals surface area contributed by atoms with Gasteiger partial charge >= 0.3 is 0 Å². The lowest BCUT2D eigenvalue weighted by molar-refractivity contribution is -0.111. The summed E-state index contributed by atoms with van der Waals surface area (Å²) >= 11 is 0. The number of anilines is 1. The van der Waals surface area contributed by atoms with Crippen molar-refractivity contribution in [3.05, 3.63) is 71.9 Å². The molecule has 5 heteroatoms.